The number of alkyl halides is 3. The Morgan fingerprint density at radius 2 is 1.86 bits per heavy atom. The maximum atomic E-state index is 13.8. The number of carbonyl (C=O) groups excluding carboxylic acids is 1. The van der Waals surface area contributed by atoms with Crippen LogP contribution >= 0.6 is 0 Å². The van der Waals surface area contributed by atoms with Crippen LogP contribution in [0.5, 0.6) is 0 Å². The van der Waals surface area contributed by atoms with Gasteiger partial charge in [-0.1, -0.05) is 42.5 Å². The Kier molecular flexibility index (Phi) is 4.45. The fraction of sp³-hybridized carbons (Fsp3) is 0.238. The Bertz CT molecular complexity index is 1040. The van der Waals surface area contributed by atoms with E-state index in [0.29, 0.717) is 17.7 Å². The van der Waals surface area contributed by atoms with Crippen LogP contribution in [0, 0.1) is 6.92 Å². The lowest BCUT2D eigenvalue weighted by Crippen LogP contribution is -2.29. The van der Waals surface area contributed by atoms with Crippen LogP contribution in [0.15, 0.2) is 54.7 Å². The molecule has 144 valence electrons. The molecular weight excluding hydrogens is 367 g/mol. The van der Waals surface area contributed by atoms with Crippen molar-refractivity contribution in [3.63, 3.8) is 0 Å². The maximum absolute atomic E-state index is 13.8. The first-order chi connectivity index (χ1) is 13.4. The SMILES string of the molecule is Cc1ccccc1-n1ncc(C(=O)NC2CCc3ccccc32)c1C(F)(F)F. The highest BCUT2D eigenvalue weighted by molar-refractivity contribution is 5.95. The monoisotopic (exact) mass is 385 g/mol. The minimum absolute atomic E-state index is 0.292. The van der Waals surface area contributed by atoms with Gasteiger partial charge in [0.2, 0.25) is 0 Å². The number of hydrogen-bond donors (Lipinski definition) is 1. The van der Waals surface area contributed by atoms with Gasteiger partial charge < -0.3 is 5.32 Å². The largest absolute Gasteiger partial charge is 0.434 e. The summed E-state index contributed by atoms with van der Waals surface area (Å²) in [5, 5.41) is 6.64. The number of benzene rings is 2. The number of aryl methyl sites for hydroxylation is 2. The van der Waals surface area contributed by atoms with Gasteiger partial charge in [0.1, 0.15) is 0 Å². The Balaban J connectivity index is 1.71. The quantitative estimate of drug-likeness (QED) is 0.715. The normalized spacial score (nSPS) is 16.1. The molecule has 2 aromatic carbocycles. The third kappa shape index (κ3) is 3.17. The number of aromatic nitrogens is 2. The first-order valence-electron chi connectivity index (χ1n) is 8.96. The van der Waals surface area contributed by atoms with E-state index in [0.717, 1.165) is 28.4 Å². The molecule has 0 saturated heterocycles. The predicted molar refractivity (Wildman–Crippen MR) is 98.3 cm³/mol. The van der Waals surface area contributed by atoms with Crippen LogP contribution in [0.4, 0.5) is 13.2 Å². The molecule has 1 aliphatic carbocycles. The highest BCUT2D eigenvalue weighted by Gasteiger charge is 2.41. The van der Waals surface area contributed by atoms with Gasteiger partial charge in [0.15, 0.2) is 5.69 Å². The van der Waals surface area contributed by atoms with Gasteiger partial charge in [-0.2, -0.15) is 18.3 Å². The average Bonchev–Trinajstić information content (AvgIpc) is 3.27. The number of hydrogen-bond acceptors (Lipinski definition) is 2. The lowest BCUT2D eigenvalue weighted by atomic mass is 10.1. The van der Waals surface area contributed by atoms with Gasteiger partial charge in [-0.25, -0.2) is 4.68 Å². The molecular formula is C21H18F3N3O. The van der Waals surface area contributed by atoms with Crippen LogP contribution < -0.4 is 5.32 Å². The van der Waals surface area contributed by atoms with Crippen LogP contribution in [0.2, 0.25) is 0 Å². The molecule has 1 aromatic heterocycles. The summed E-state index contributed by atoms with van der Waals surface area (Å²) in [5.41, 5.74) is 1.45. The van der Waals surface area contributed by atoms with E-state index >= 15 is 0 Å². The lowest BCUT2D eigenvalue weighted by Gasteiger charge is -2.16. The molecule has 1 heterocycles. The van der Waals surface area contributed by atoms with Gasteiger partial charge in [0.05, 0.1) is 23.5 Å². The molecule has 3 aromatic rings. The molecule has 28 heavy (non-hydrogen) atoms. The summed E-state index contributed by atoms with van der Waals surface area (Å²) in [7, 11) is 0. The van der Waals surface area contributed by atoms with Crippen molar-refractivity contribution in [3.8, 4) is 5.69 Å². The fourth-order valence-corrected chi connectivity index (χ4v) is 3.71. The Hall–Kier alpha value is -3.09. The summed E-state index contributed by atoms with van der Waals surface area (Å²) in [6.07, 6.45) is -2.28. The van der Waals surface area contributed by atoms with Crippen molar-refractivity contribution in [2.24, 2.45) is 0 Å². The molecule has 0 bridgehead atoms. The van der Waals surface area contributed by atoms with Crippen molar-refractivity contribution in [1.29, 1.82) is 0 Å². The smallest absolute Gasteiger partial charge is 0.345 e. The number of fused-ring (bicyclic) bond motifs is 1. The minimum Gasteiger partial charge on any atom is -0.345 e. The van der Waals surface area contributed by atoms with Crippen molar-refractivity contribution in [3.05, 3.63) is 82.7 Å². The van der Waals surface area contributed by atoms with Crippen molar-refractivity contribution in [2.75, 3.05) is 0 Å². The van der Waals surface area contributed by atoms with Gasteiger partial charge in [0, 0.05) is 0 Å². The number of nitrogens with one attached hydrogen (secondary N) is 1. The molecule has 1 amide bonds. The van der Waals surface area contributed by atoms with Crippen LogP contribution in [-0.4, -0.2) is 15.7 Å². The third-order valence-electron chi connectivity index (χ3n) is 5.06. The number of rotatable bonds is 3. The van der Waals surface area contributed by atoms with E-state index in [4.69, 9.17) is 0 Å². The van der Waals surface area contributed by atoms with E-state index in [9.17, 15) is 18.0 Å². The summed E-state index contributed by atoms with van der Waals surface area (Å²) in [6.45, 7) is 1.70. The van der Waals surface area contributed by atoms with Crippen molar-refractivity contribution in [1.82, 2.24) is 15.1 Å². The summed E-state index contributed by atoms with van der Waals surface area (Å²) in [6, 6.07) is 14.0. The molecule has 7 heteroatoms. The van der Waals surface area contributed by atoms with Crippen LogP contribution in [0.1, 0.15) is 45.2 Å². The summed E-state index contributed by atoms with van der Waals surface area (Å²) in [5.74, 6) is -0.770. The fourth-order valence-electron chi connectivity index (χ4n) is 3.71. The molecule has 4 nitrogen and oxygen atoms in total. The molecule has 4 rings (SSSR count). The Morgan fingerprint density at radius 1 is 1.14 bits per heavy atom. The number of amides is 1. The Labute approximate surface area is 160 Å². The number of halogens is 3. The highest BCUT2D eigenvalue weighted by atomic mass is 19.4. The second-order valence-corrected chi connectivity index (χ2v) is 6.87. The average molecular weight is 385 g/mol. The summed E-state index contributed by atoms with van der Waals surface area (Å²) in [4.78, 5) is 12.7. The van der Waals surface area contributed by atoms with E-state index in [-0.39, 0.29) is 6.04 Å². The van der Waals surface area contributed by atoms with Gasteiger partial charge in [-0.3, -0.25) is 4.79 Å². The molecule has 0 spiro atoms. The topological polar surface area (TPSA) is 46.9 Å². The molecule has 0 radical (unpaired) electrons. The molecule has 1 atom stereocenters. The molecule has 1 aliphatic rings. The lowest BCUT2D eigenvalue weighted by molar-refractivity contribution is -0.143. The molecule has 0 saturated carbocycles. The van der Waals surface area contributed by atoms with Crippen molar-refractivity contribution in [2.45, 2.75) is 32.0 Å². The van der Waals surface area contributed by atoms with Gasteiger partial charge in [-0.15, -0.1) is 0 Å². The number of para-hydroxylation sites is 1. The second-order valence-electron chi connectivity index (χ2n) is 6.87. The van der Waals surface area contributed by atoms with E-state index in [1.807, 2.05) is 24.3 Å². The Morgan fingerprint density at radius 3 is 2.61 bits per heavy atom. The number of carbonyl (C=O) groups is 1. The third-order valence-corrected chi connectivity index (χ3v) is 5.06. The van der Waals surface area contributed by atoms with Crippen LogP contribution in [0.25, 0.3) is 5.69 Å². The molecule has 1 unspecified atom stereocenters. The van der Waals surface area contributed by atoms with E-state index in [2.05, 4.69) is 10.4 Å². The second kappa shape index (κ2) is 6.82. The van der Waals surface area contributed by atoms with Gasteiger partial charge >= 0.3 is 6.18 Å². The first-order valence-corrected chi connectivity index (χ1v) is 8.96. The van der Waals surface area contributed by atoms with Crippen molar-refractivity contribution < 1.29 is 18.0 Å². The van der Waals surface area contributed by atoms with Gasteiger partial charge in [0.25, 0.3) is 5.91 Å². The summed E-state index contributed by atoms with van der Waals surface area (Å²) < 4.78 is 42.3. The zero-order valence-corrected chi connectivity index (χ0v) is 15.1. The summed E-state index contributed by atoms with van der Waals surface area (Å²) >= 11 is 0. The van der Waals surface area contributed by atoms with Crippen LogP contribution in [0.3, 0.4) is 0 Å². The minimum atomic E-state index is -4.72. The molecule has 0 fully saturated rings. The highest BCUT2D eigenvalue weighted by Crippen LogP contribution is 2.35. The zero-order valence-electron chi connectivity index (χ0n) is 15.1. The predicted octanol–water partition coefficient (Wildman–Crippen LogP) is 4.62. The van der Waals surface area contributed by atoms with Crippen LogP contribution in [-0.2, 0) is 12.6 Å². The number of nitrogens with zero attached hydrogens (tertiary/aromatic N) is 2. The first kappa shape index (κ1) is 18.3. The molecule has 0 aliphatic heterocycles. The van der Waals surface area contributed by atoms with E-state index < -0.39 is 23.3 Å². The standard InChI is InChI=1S/C21H18F3N3O/c1-13-6-2-5-9-18(13)27-19(21(22,23)24)16(12-25-27)20(28)26-17-11-10-14-7-3-4-8-15(14)17/h2-9,12,17H,10-11H2,1H3,(H,26,28). The molecule has 1 N–H and O–H groups in total. The van der Waals surface area contributed by atoms with E-state index in [1.165, 1.54) is 0 Å². The van der Waals surface area contributed by atoms with E-state index in [1.54, 1.807) is 31.2 Å². The van der Waals surface area contributed by atoms with Crippen molar-refractivity contribution >= 4 is 5.91 Å². The maximum Gasteiger partial charge on any atom is 0.434 e. The van der Waals surface area contributed by atoms with Gasteiger partial charge in [-0.05, 0) is 42.5 Å². The zero-order chi connectivity index (χ0) is 19.9.